The average molecular weight is 758 g/mol. The molecule has 0 saturated carbocycles. The van der Waals surface area contributed by atoms with E-state index in [1.165, 1.54) is 116 Å². The van der Waals surface area contributed by atoms with Crippen molar-refractivity contribution in [1.29, 1.82) is 0 Å². The Hall–Kier alpha value is -1.80. The van der Waals surface area contributed by atoms with Gasteiger partial charge in [-0.1, -0.05) is 189 Å². The predicted molar refractivity (Wildman–Crippen MR) is 228 cm³/mol. The van der Waals surface area contributed by atoms with Crippen molar-refractivity contribution in [3.05, 3.63) is 30.3 Å². The van der Waals surface area contributed by atoms with E-state index in [1.54, 1.807) is 0 Å². The number of nitrogens with zero attached hydrogens (tertiary/aromatic N) is 3. The molecule has 9 nitrogen and oxygen atoms in total. The summed E-state index contributed by atoms with van der Waals surface area (Å²) < 4.78 is 0. The quantitative estimate of drug-likeness (QED) is 0.0350. The fourth-order valence-corrected chi connectivity index (χ4v) is 6.78. The Bertz CT molecular complexity index is 769. The molecule has 0 aromatic carbocycles. The minimum atomic E-state index is -0.287. The minimum absolute atomic E-state index is 0.0447. The third-order valence-electron chi connectivity index (χ3n) is 10.5. The summed E-state index contributed by atoms with van der Waals surface area (Å²) in [5.41, 5.74) is 0. The molecule has 0 saturated heterocycles. The molecule has 0 amide bonds. The first kappa shape index (κ1) is 55.5. The molecule has 9 heteroatoms. The molecule has 0 spiro atoms. The van der Waals surface area contributed by atoms with E-state index in [-0.39, 0.29) is 32.9 Å². The SMILES string of the molecule is CCCCCCC(CCCCC)[N+](=O)[O-].CCCCCCCCCC(CCCCCCC)[N+](=O)[O-].CCCCCCCCCCC(CCCC)[N+](=O)[O-]. The summed E-state index contributed by atoms with van der Waals surface area (Å²) in [6.45, 7) is 13.0. The summed E-state index contributed by atoms with van der Waals surface area (Å²) in [7, 11) is 0. The van der Waals surface area contributed by atoms with Crippen LogP contribution in [0.5, 0.6) is 0 Å². The van der Waals surface area contributed by atoms with Crippen LogP contribution in [-0.2, 0) is 0 Å². The van der Waals surface area contributed by atoms with Crippen LogP contribution in [0, 0.1) is 30.3 Å². The van der Waals surface area contributed by atoms with Gasteiger partial charge < -0.3 is 0 Å². The first-order valence-corrected chi connectivity index (χ1v) is 23.1. The Kier molecular flexibility index (Phi) is 48.6. The lowest BCUT2D eigenvalue weighted by molar-refractivity contribution is -0.524. The van der Waals surface area contributed by atoms with Crippen LogP contribution in [-0.4, -0.2) is 32.9 Å². The molecule has 0 aliphatic carbocycles. The van der Waals surface area contributed by atoms with Gasteiger partial charge in [-0.15, -0.1) is 0 Å². The van der Waals surface area contributed by atoms with Gasteiger partial charge in [0.2, 0.25) is 18.1 Å². The fraction of sp³-hybridized carbons (Fsp3) is 1.00. The topological polar surface area (TPSA) is 129 Å². The van der Waals surface area contributed by atoms with Gasteiger partial charge in [0.15, 0.2) is 0 Å². The van der Waals surface area contributed by atoms with Gasteiger partial charge in [0.05, 0.1) is 0 Å². The van der Waals surface area contributed by atoms with Gasteiger partial charge in [-0.05, 0) is 38.5 Å². The van der Waals surface area contributed by atoms with Gasteiger partial charge >= 0.3 is 0 Å². The van der Waals surface area contributed by atoms with Crippen LogP contribution in [0.1, 0.15) is 266 Å². The number of hydrogen-bond acceptors (Lipinski definition) is 6. The van der Waals surface area contributed by atoms with Gasteiger partial charge in [0.25, 0.3) is 0 Å². The number of rotatable bonds is 38. The van der Waals surface area contributed by atoms with Gasteiger partial charge in [-0.25, -0.2) is 0 Å². The van der Waals surface area contributed by atoms with E-state index in [4.69, 9.17) is 0 Å². The number of unbranched alkanes of at least 4 members (excludes halogenated alkanes) is 23. The second kappa shape index (κ2) is 46.4. The Labute approximate surface area is 328 Å². The van der Waals surface area contributed by atoms with Crippen molar-refractivity contribution in [3.8, 4) is 0 Å². The first-order valence-electron chi connectivity index (χ1n) is 23.1. The summed E-state index contributed by atoms with van der Waals surface area (Å²) in [5.74, 6) is 0. The van der Waals surface area contributed by atoms with E-state index in [9.17, 15) is 30.3 Å². The van der Waals surface area contributed by atoms with Crippen LogP contribution in [0.15, 0.2) is 0 Å². The molecule has 0 N–H and O–H groups in total. The minimum Gasteiger partial charge on any atom is -0.264 e. The molecule has 0 radical (unpaired) electrons. The number of hydrogen-bond donors (Lipinski definition) is 0. The molecule has 53 heavy (non-hydrogen) atoms. The van der Waals surface area contributed by atoms with E-state index in [1.807, 2.05) is 0 Å². The van der Waals surface area contributed by atoms with Crippen LogP contribution < -0.4 is 0 Å². The van der Waals surface area contributed by atoms with Gasteiger partial charge in [0.1, 0.15) is 0 Å². The highest BCUT2D eigenvalue weighted by atomic mass is 16.6. The van der Waals surface area contributed by atoms with Crippen molar-refractivity contribution in [2.75, 3.05) is 0 Å². The van der Waals surface area contributed by atoms with Gasteiger partial charge in [-0.2, -0.15) is 0 Å². The van der Waals surface area contributed by atoms with Crippen LogP contribution in [0.25, 0.3) is 0 Å². The van der Waals surface area contributed by atoms with Crippen LogP contribution in [0.3, 0.4) is 0 Å². The summed E-state index contributed by atoms with van der Waals surface area (Å²) in [6.07, 6.45) is 39.2. The molecule has 0 aliphatic heterocycles. The lowest BCUT2D eigenvalue weighted by Gasteiger charge is -2.09. The molecule has 3 atom stereocenters. The highest BCUT2D eigenvalue weighted by Crippen LogP contribution is 2.17. The average Bonchev–Trinajstić information content (AvgIpc) is 3.13. The molecule has 0 aromatic rings. The Morgan fingerprint density at radius 1 is 0.264 bits per heavy atom. The van der Waals surface area contributed by atoms with E-state index in [0.29, 0.717) is 0 Å². The van der Waals surface area contributed by atoms with Crippen LogP contribution in [0.2, 0.25) is 0 Å². The molecule has 318 valence electrons. The lowest BCUT2D eigenvalue weighted by atomic mass is 10.0. The molecule has 0 heterocycles. The molecule has 0 rings (SSSR count). The maximum absolute atomic E-state index is 11.0. The van der Waals surface area contributed by atoms with Crippen molar-refractivity contribution in [1.82, 2.24) is 0 Å². The predicted octanol–water partition coefficient (Wildman–Crippen LogP) is 15.7. The zero-order chi connectivity index (χ0) is 40.2. The van der Waals surface area contributed by atoms with Gasteiger partial charge in [0, 0.05) is 53.3 Å². The zero-order valence-corrected chi connectivity index (χ0v) is 36.3. The van der Waals surface area contributed by atoms with E-state index in [2.05, 4.69) is 41.5 Å². The summed E-state index contributed by atoms with van der Waals surface area (Å²) in [4.78, 5) is 32.4. The molecular formula is C44H91N3O6. The standard InChI is InChI=1S/C17H35NO2.C15H31NO2.C12H25NO2/c1-3-5-7-9-10-12-14-16-17(18(19)20)15-13-11-8-6-4-2;1-3-5-7-8-9-10-11-12-14-15(16(17)18)13-6-4-2;1-3-5-7-9-11-12(13(14)15)10-8-6-4-2/h17H,3-16H2,1-2H3;15H,3-14H2,1-2H3;12H,3-11H2,1-2H3. The van der Waals surface area contributed by atoms with Crippen molar-refractivity contribution < 1.29 is 14.8 Å². The smallest absolute Gasteiger partial charge is 0.213 e. The highest BCUT2D eigenvalue weighted by Gasteiger charge is 2.20. The van der Waals surface area contributed by atoms with Gasteiger partial charge in [-0.3, -0.25) is 30.3 Å². The molecule has 0 fully saturated rings. The van der Waals surface area contributed by atoms with Crippen LogP contribution >= 0.6 is 0 Å². The Morgan fingerprint density at radius 3 is 0.642 bits per heavy atom. The monoisotopic (exact) mass is 758 g/mol. The maximum Gasteiger partial charge on any atom is 0.213 e. The molecule has 0 bridgehead atoms. The molecule has 0 aromatic heterocycles. The second-order valence-corrected chi connectivity index (χ2v) is 15.7. The van der Waals surface area contributed by atoms with Crippen molar-refractivity contribution in [2.24, 2.45) is 0 Å². The zero-order valence-electron chi connectivity index (χ0n) is 36.3. The molecule has 0 aliphatic rings. The molecule has 3 unspecified atom stereocenters. The summed E-state index contributed by atoms with van der Waals surface area (Å²) in [6, 6.07) is -0.856. The first-order chi connectivity index (χ1) is 25.7. The number of nitro groups is 3. The molecular weight excluding hydrogens is 666 g/mol. The summed E-state index contributed by atoms with van der Waals surface area (Å²) >= 11 is 0. The Morgan fingerprint density at radius 2 is 0.415 bits per heavy atom. The van der Waals surface area contributed by atoms with Crippen molar-refractivity contribution in [3.63, 3.8) is 0 Å². The third kappa shape index (κ3) is 44.5. The summed E-state index contributed by atoms with van der Waals surface area (Å²) in [5, 5.41) is 32.6. The largest absolute Gasteiger partial charge is 0.264 e. The van der Waals surface area contributed by atoms with E-state index >= 15 is 0 Å². The normalized spacial score (nSPS) is 12.6. The maximum atomic E-state index is 11.0. The Balaban J connectivity index is -0.000000715. The van der Waals surface area contributed by atoms with E-state index in [0.717, 1.165) is 109 Å². The van der Waals surface area contributed by atoms with Crippen LogP contribution in [0.4, 0.5) is 0 Å². The second-order valence-electron chi connectivity index (χ2n) is 15.7. The van der Waals surface area contributed by atoms with Crippen molar-refractivity contribution >= 4 is 0 Å². The van der Waals surface area contributed by atoms with E-state index < -0.39 is 0 Å². The van der Waals surface area contributed by atoms with Crippen molar-refractivity contribution in [2.45, 2.75) is 284 Å². The third-order valence-corrected chi connectivity index (χ3v) is 10.5. The fourth-order valence-electron chi connectivity index (χ4n) is 6.78. The lowest BCUT2D eigenvalue weighted by Crippen LogP contribution is -2.19. The highest BCUT2D eigenvalue weighted by molar-refractivity contribution is 4.60.